The lowest BCUT2D eigenvalue weighted by Crippen LogP contribution is -2.35. The first-order valence-electron chi connectivity index (χ1n) is 5.17. The summed E-state index contributed by atoms with van der Waals surface area (Å²) >= 11 is 5.86. The minimum absolute atomic E-state index is 0.161. The van der Waals surface area contributed by atoms with Gasteiger partial charge < -0.3 is 10.6 Å². The van der Waals surface area contributed by atoms with Gasteiger partial charge in [0.25, 0.3) is 5.91 Å². The van der Waals surface area contributed by atoms with Gasteiger partial charge in [-0.25, -0.2) is 0 Å². The van der Waals surface area contributed by atoms with Crippen LogP contribution in [0.2, 0.25) is 5.02 Å². The summed E-state index contributed by atoms with van der Waals surface area (Å²) in [6.45, 7) is 1.81. The summed E-state index contributed by atoms with van der Waals surface area (Å²) in [5.41, 5.74) is 6.39. The maximum atomic E-state index is 12.1. The number of benzene rings is 1. The van der Waals surface area contributed by atoms with Gasteiger partial charge in [-0.05, 0) is 19.1 Å². The molecule has 0 saturated carbocycles. The van der Waals surface area contributed by atoms with Crippen LogP contribution in [-0.4, -0.2) is 23.9 Å². The normalized spacial score (nSPS) is 11.6. The molecule has 1 aromatic rings. The van der Waals surface area contributed by atoms with Crippen molar-refractivity contribution in [2.75, 3.05) is 12.8 Å². The van der Waals surface area contributed by atoms with E-state index in [2.05, 4.69) is 0 Å². The summed E-state index contributed by atoms with van der Waals surface area (Å²) in [5.74, 6) is -0.229. The van der Waals surface area contributed by atoms with Crippen LogP contribution < -0.4 is 5.73 Å². The highest BCUT2D eigenvalue weighted by Gasteiger charge is 2.19. The Morgan fingerprint density at radius 3 is 2.88 bits per heavy atom. The van der Waals surface area contributed by atoms with Gasteiger partial charge in [0.2, 0.25) is 0 Å². The number of anilines is 1. The fourth-order valence-corrected chi connectivity index (χ4v) is 1.56. The van der Waals surface area contributed by atoms with Gasteiger partial charge in [-0.3, -0.25) is 4.79 Å². The van der Waals surface area contributed by atoms with Crippen LogP contribution in [0.25, 0.3) is 0 Å². The average molecular weight is 252 g/mol. The van der Waals surface area contributed by atoms with Crippen LogP contribution in [0.5, 0.6) is 0 Å². The van der Waals surface area contributed by atoms with E-state index in [1.807, 2.05) is 13.0 Å². The molecule has 0 radical (unpaired) electrons. The predicted octanol–water partition coefficient (Wildman–Crippen LogP) is 2.30. The molecule has 1 amide bonds. The SMILES string of the molecule is CC(CC#N)N(C)C(=O)c1cccc(Cl)c1N. The van der Waals surface area contributed by atoms with Crippen molar-refractivity contribution in [1.82, 2.24) is 4.90 Å². The van der Waals surface area contributed by atoms with E-state index in [4.69, 9.17) is 22.6 Å². The van der Waals surface area contributed by atoms with Gasteiger partial charge in [0.15, 0.2) is 0 Å². The molecule has 0 fully saturated rings. The van der Waals surface area contributed by atoms with Crippen LogP contribution >= 0.6 is 11.6 Å². The van der Waals surface area contributed by atoms with Crippen LogP contribution in [0.3, 0.4) is 0 Å². The molecule has 0 heterocycles. The van der Waals surface area contributed by atoms with Gasteiger partial charge in [0.05, 0.1) is 28.8 Å². The van der Waals surface area contributed by atoms with Crippen molar-refractivity contribution in [2.24, 2.45) is 0 Å². The summed E-state index contributed by atoms with van der Waals surface area (Å²) in [5, 5.41) is 8.96. The first kappa shape index (κ1) is 13.3. The zero-order valence-electron chi connectivity index (χ0n) is 9.77. The van der Waals surface area contributed by atoms with Crippen molar-refractivity contribution in [3.8, 4) is 6.07 Å². The first-order valence-corrected chi connectivity index (χ1v) is 5.55. The number of carbonyl (C=O) groups is 1. The van der Waals surface area contributed by atoms with E-state index in [0.717, 1.165) is 0 Å². The molecule has 2 N–H and O–H groups in total. The average Bonchev–Trinajstić information content (AvgIpc) is 2.31. The smallest absolute Gasteiger partial charge is 0.256 e. The second-order valence-electron chi connectivity index (χ2n) is 3.83. The number of para-hydroxylation sites is 1. The number of amides is 1. The zero-order chi connectivity index (χ0) is 13.0. The molecular weight excluding hydrogens is 238 g/mol. The zero-order valence-corrected chi connectivity index (χ0v) is 10.5. The number of hydrogen-bond acceptors (Lipinski definition) is 3. The number of nitriles is 1. The van der Waals surface area contributed by atoms with Crippen molar-refractivity contribution in [3.05, 3.63) is 28.8 Å². The summed E-state index contributed by atoms with van der Waals surface area (Å²) in [7, 11) is 1.64. The minimum Gasteiger partial charge on any atom is -0.397 e. The van der Waals surface area contributed by atoms with E-state index < -0.39 is 0 Å². The highest BCUT2D eigenvalue weighted by atomic mass is 35.5. The minimum atomic E-state index is -0.229. The van der Waals surface area contributed by atoms with E-state index >= 15 is 0 Å². The van der Waals surface area contributed by atoms with E-state index in [1.165, 1.54) is 4.90 Å². The molecule has 0 spiro atoms. The molecule has 17 heavy (non-hydrogen) atoms. The molecular formula is C12H14ClN3O. The maximum absolute atomic E-state index is 12.1. The molecule has 4 nitrogen and oxygen atoms in total. The van der Waals surface area contributed by atoms with Crippen LogP contribution in [0, 0.1) is 11.3 Å². The molecule has 0 saturated heterocycles. The monoisotopic (exact) mass is 251 g/mol. The Hall–Kier alpha value is -1.73. The predicted molar refractivity (Wildman–Crippen MR) is 67.6 cm³/mol. The van der Waals surface area contributed by atoms with Crippen LogP contribution in [0.4, 0.5) is 5.69 Å². The van der Waals surface area contributed by atoms with Gasteiger partial charge in [-0.1, -0.05) is 17.7 Å². The Bertz CT molecular complexity index is 467. The van der Waals surface area contributed by atoms with Crippen molar-refractivity contribution >= 4 is 23.2 Å². The molecule has 5 heteroatoms. The Balaban J connectivity index is 2.97. The third-order valence-corrected chi connectivity index (χ3v) is 2.98. The van der Waals surface area contributed by atoms with Crippen molar-refractivity contribution in [2.45, 2.75) is 19.4 Å². The standard InChI is InChI=1S/C12H14ClN3O/c1-8(6-7-14)16(2)12(17)9-4-3-5-10(13)11(9)15/h3-5,8H,6,15H2,1-2H3. The fraction of sp³-hybridized carbons (Fsp3) is 0.333. The number of hydrogen-bond donors (Lipinski definition) is 1. The molecule has 1 aromatic carbocycles. The molecule has 1 unspecified atom stereocenters. The first-order chi connectivity index (χ1) is 7.99. The third kappa shape index (κ3) is 2.89. The lowest BCUT2D eigenvalue weighted by molar-refractivity contribution is 0.0747. The number of nitrogen functional groups attached to an aromatic ring is 1. The second kappa shape index (κ2) is 5.55. The van der Waals surface area contributed by atoms with Gasteiger partial charge >= 0.3 is 0 Å². The Morgan fingerprint density at radius 1 is 1.65 bits per heavy atom. The topological polar surface area (TPSA) is 70.1 Å². The lowest BCUT2D eigenvalue weighted by Gasteiger charge is -2.23. The number of halogens is 1. The molecule has 90 valence electrons. The van der Waals surface area contributed by atoms with Crippen molar-refractivity contribution in [3.63, 3.8) is 0 Å². The number of carbonyl (C=O) groups excluding carboxylic acids is 1. The largest absolute Gasteiger partial charge is 0.397 e. The lowest BCUT2D eigenvalue weighted by atomic mass is 10.1. The highest BCUT2D eigenvalue weighted by Crippen LogP contribution is 2.23. The Labute approximate surface area is 106 Å². The number of nitrogens with zero attached hydrogens (tertiary/aromatic N) is 2. The van der Waals surface area contributed by atoms with Gasteiger partial charge in [0.1, 0.15) is 0 Å². The van der Waals surface area contributed by atoms with E-state index in [0.29, 0.717) is 10.6 Å². The Morgan fingerprint density at radius 2 is 2.29 bits per heavy atom. The second-order valence-corrected chi connectivity index (χ2v) is 4.24. The quantitative estimate of drug-likeness (QED) is 0.838. The summed E-state index contributed by atoms with van der Waals surface area (Å²) < 4.78 is 0. The highest BCUT2D eigenvalue weighted by molar-refractivity contribution is 6.33. The fourth-order valence-electron chi connectivity index (χ4n) is 1.38. The van der Waals surface area contributed by atoms with E-state index in [-0.39, 0.29) is 24.1 Å². The molecule has 0 aromatic heterocycles. The molecule has 0 bridgehead atoms. The number of nitrogens with two attached hydrogens (primary N) is 1. The molecule has 0 aliphatic heterocycles. The van der Waals surface area contributed by atoms with Gasteiger partial charge in [-0.2, -0.15) is 5.26 Å². The van der Waals surface area contributed by atoms with E-state index in [1.54, 1.807) is 25.2 Å². The van der Waals surface area contributed by atoms with Crippen molar-refractivity contribution in [1.29, 1.82) is 5.26 Å². The molecule has 0 aliphatic carbocycles. The molecule has 0 aliphatic rings. The maximum Gasteiger partial charge on any atom is 0.256 e. The Kier molecular flexibility index (Phi) is 4.36. The summed E-state index contributed by atoms with van der Waals surface area (Å²) in [6.07, 6.45) is 0.280. The third-order valence-electron chi connectivity index (χ3n) is 2.65. The van der Waals surface area contributed by atoms with Gasteiger partial charge in [0, 0.05) is 13.1 Å². The molecule has 1 atom stereocenters. The number of rotatable bonds is 3. The van der Waals surface area contributed by atoms with Crippen LogP contribution in [0.15, 0.2) is 18.2 Å². The van der Waals surface area contributed by atoms with Crippen LogP contribution in [0.1, 0.15) is 23.7 Å². The van der Waals surface area contributed by atoms with Gasteiger partial charge in [-0.15, -0.1) is 0 Å². The van der Waals surface area contributed by atoms with Crippen LogP contribution in [-0.2, 0) is 0 Å². The summed E-state index contributed by atoms with van der Waals surface area (Å²) in [6, 6.07) is 6.80. The molecule has 1 rings (SSSR count). The van der Waals surface area contributed by atoms with Crippen molar-refractivity contribution < 1.29 is 4.79 Å². The summed E-state index contributed by atoms with van der Waals surface area (Å²) in [4.78, 5) is 13.6. The van der Waals surface area contributed by atoms with E-state index in [9.17, 15) is 4.79 Å².